The molecule has 4 rings (SSSR count). The van der Waals surface area contributed by atoms with Crippen LogP contribution >= 0.6 is 26.8 Å². The first-order chi connectivity index (χ1) is 18.8. The fraction of sp³-hybridized carbons (Fsp3) is 0.435. The zero-order chi connectivity index (χ0) is 29.2. The third-order valence-electron chi connectivity index (χ3n) is 6.08. The smallest absolute Gasteiger partial charge is 0.340 e. The number of halogens is 1. The standard InChI is InChI=1S/C23H28ClN5O9P2/c1-3-9-28(10-15-7-5-14(4-2)6-8-15)20-17-21(27-23(24)26-20)29(12-25-17)22-19(31)18(30)16(38-22)11-37-40(35,36)13-39(32,33)34/h2,5-8,12,16,18-19,22,30-31H,3,9-11,13H2,1H3,(H,35,36)(H2,32,33,34)/t16-,18+,19+,22-/m1/s1. The van der Waals surface area contributed by atoms with Gasteiger partial charge in [-0.1, -0.05) is 25.0 Å². The number of terminal acetylenes is 1. The maximum absolute atomic E-state index is 12.0. The molecule has 14 nitrogen and oxygen atoms in total. The number of hydrogen-bond donors (Lipinski definition) is 5. The quantitative estimate of drug-likeness (QED) is 0.119. The van der Waals surface area contributed by atoms with E-state index < -0.39 is 52.2 Å². The van der Waals surface area contributed by atoms with Gasteiger partial charge in [0.25, 0.3) is 0 Å². The number of aliphatic hydroxyl groups is 2. The summed E-state index contributed by atoms with van der Waals surface area (Å²) in [6.45, 7) is 2.34. The number of benzene rings is 1. The molecule has 1 fully saturated rings. The lowest BCUT2D eigenvalue weighted by Gasteiger charge is -2.24. The molecule has 3 heterocycles. The van der Waals surface area contributed by atoms with Crippen LogP contribution < -0.4 is 4.90 Å². The minimum atomic E-state index is -4.85. The SMILES string of the molecule is C#Cc1ccc(CN(CCC)c2nc(Cl)nc3c2ncn3[C@@H]2O[C@H](COP(=O)(O)CP(=O)(O)O)[C@H](O)[C@@H]2O)cc1. The highest BCUT2D eigenvalue weighted by Crippen LogP contribution is 2.55. The van der Waals surface area contributed by atoms with Crippen molar-refractivity contribution in [2.75, 3.05) is 24.0 Å². The number of fused-ring (bicyclic) bond motifs is 1. The van der Waals surface area contributed by atoms with Gasteiger partial charge in [0, 0.05) is 18.7 Å². The summed E-state index contributed by atoms with van der Waals surface area (Å²) in [6, 6.07) is 7.49. The van der Waals surface area contributed by atoms with Crippen LogP contribution in [0.2, 0.25) is 5.28 Å². The first-order valence-electron chi connectivity index (χ1n) is 12.0. The van der Waals surface area contributed by atoms with Crippen molar-refractivity contribution in [2.24, 2.45) is 0 Å². The number of aromatic nitrogens is 4. The summed E-state index contributed by atoms with van der Waals surface area (Å²) >= 11 is 6.29. The second kappa shape index (κ2) is 12.2. The highest BCUT2D eigenvalue weighted by Gasteiger charge is 2.46. The van der Waals surface area contributed by atoms with Gasteiger partial charge in [0.15, 0.2) is 29.1 Å². The zero-order valence-corrected chi connectivity index (χ0v) is 23.7. The molecule has 0 aliphatic carbocycles. The Balaban J connectivity index is 1.60. The molecule has 3 aromatic rings. The van der Waals surface area contributed by atoms with E-state index in [1.165, 1.54) is 10.9 Å². The number of ether oxygens (including phenoxy) is 1. The number of aliphatic hydroxyl groups excluding tert-OH is 2. The van der Waals surface area contributed by atoms with Crippen molar-refractivity contribution in [3.8, 4) is 12.3 Å². The van der Waals surface area contributed by atoms with E-state index >= 15 is 0 Å². The van der Waals surface area contributed by atoms with Crippen LogP contribution in [-0.4, -0.2) is 81.8 Å². The fourth-order valence-corrected chi connectivity index (χ4v) is 7.03. The van der Waals surface area contributed by atoms with E-state index in [0.29, 0.717) is 24.4 Å². The van der Waals surface area contributed by atoms with Crippen molar-refractivity contribution in [3.05, 3.63) is 47.0 Å². The zero-order valence-electron chi connectivity index (χ0n) is 21.2. The molecule has 1 aliphatic rings. The van der Waals surface area contributed by atoms with Gasteiger partial charge in [0.2, 0.25) is 5.28 Å². The van der Waals surface area contributed by atoms with Crippen LogP contribution in [0.1, 0.15) is 30.7 Å². The largest absolute Gasteiger partial charge is 0.387 e. The summed E-state index contributed by atoms with van der Waals surface area (Å²) in [5, 5.41) is 21.1. The average Bonchev–Trinajstić information content (AvgIpc) is 3.41. The van der Waals surface area contributed by atoms with Gasteiger partial charge in [-0.2, -0.15) is 9.97 Å². The maximum atomic E-state index is 12.0. The molecule has 5 N–H and O–H groups in total. The van der Waals surface area contributed by atoms with E-state index in [-0.39, 0.29) is 10.9 Å². The maximum Gasteiger partial charge on any atom is 0.340 e. The summed E-state index contributed by atoms with van der Waals surface area (Å²) in [6.07, 6.45) is 1.90. The number of hydrogen-bond acceptors (Lipinski definition) is 10. The first-order valence-corrected chi connectivity index (χ1v) is 16.0. The second-order valence-corrected chi connectivity index (χ2v) is 13.5. The van der Waals surface area contributed by atoms with Crippen LogP contribution in [0.25, 0.3) is 11.2 Å². The third kappa shape index (κ3) is 7.08. The van der Waals surface area contributed by atoms with Crippen LogP contribution in [0, 0.1) is 12.3 Å². The molecule has 5 atom stereocenters. The molecule has 1 aliphatic heterocycles. The van der Waals surface area contributed by atoms with Gasteiger partial charge in [-0.05, 0) is 35.7 Å². The van der Waals surface area contributed by atoms with E-state index in [9.17, 15) is 24.2 Å². The minimum Gasteiger partial charge on any atom is -0.387 e. The van der Waals surface area contributed by atoms with Gasteiger partial charge < -0.3 is 39.1 Å². The van der Waals surface area contributed by atoms with Gasteiger partial charge in [-0.25, -0.2) is 4.98 Å². The normalized spacial score (nSPS) is 22.8. The van der Waals surface area contributed by atoms with Gasteiger partial charge in [0.05, 0.1) is 12.9 Å². The topological polar surface area (TPSA) is 201 Å². The van der Waals surface area contributed by atoms with E-state index in [1.54, 1.807) is 0 Å². The summed E-state index contributed by atoms with van der Waals surface area (Å²) in [5.41, 5.74) is 2.27. The van der Waals surface area contributed by atoms with Gasteiger partial charge in [-0.3, -0.25) is 13.7 Å². The van der Waals surface area contributed by atoms with Gasteiger partial charge in [-0.15, -0.1) is 6.42 Å². The molecule has 0 spiro atoms. The molecule has 2 aromatic heterocycles. The van der Waals surface area contributed by atoms with Crippen molar-refractivity contribution in [1.29, 1.82) is 0 Å². The van der Waals surface area contributed by atoms with Crippen LogP contribution in [0.4, 0.5) is 5.82 Å². The van der Waals surface area contributed by atoms with Crippen molar-refractivity contribution in [2.45, 2.75) is 44.4 Å². The number of nitrogens with zero attached hydrogens (tertiary/aromatic N) is 5. The number of anilines is 1. The van der Waals surface area contributed by atoms with Crippen LogP contribution in [0.15, 0.2) is 30.6 Å². The van der Waals surface area contributed by atoms with Crippen LogP contribution in [0.5, 0.6) is 0 Å². The Hall–Kier alpha value is -2.40. The Morgan fingerprint density at radius 2 is 1.88 bits per heavy atom. The van der Waals surface area contributed by atoms with E-state index in [4.69, 9.17) is 37.1 Å². The Morgan fingerprint density at radius 3 is 2.50 bits per heavy atom. The summed E-state index contributed by atoms with van der Waals surface area (Å²) in [4.78, 5) is 42.7. The highest BCUT2D eigenvalue weighted by atomic mass is 35.5. The molecule has 0 amide bonds. The lowest BCUT2D eigenvalue weighted by Crippen LogP contribution is -2.33. The monoisotopic (exact) mass is 615 g/mol. The Labute approximate surface area is 234 Å². The Morgan fingerprint density at radius 1 is 1.18 bits per heavy atom. The fourth-order valence-electron chi connectivity index (χ4n) is 4.30. The predicted molar refractivity (Wildman–Crippen MR) is 145 cm³/mol. The summed E-state index contributed by atoms with van der Waals surface area (Å²) < 4.78 is 34.9. The Bertz CT molecular complexity index is 1490. The summed E-state index contributed by atoms with van der Waals surface area (Å²) in [7, 11) is -9.55. The molecule has 1 unspecified atom stereocenters. The molecule has 1 saturated heterocycles. The lowest BCUT2D eigenvalue weighted by molar-refractivity contribution is -0.0483. The van der Waals surface area contributed by atoms with E-state index in [2.05, 4.69) is 20.9 Å². The van der Waals surface area contributed by atoms with Crippen LogP contribution in [0.3, 0.4) is 0 Å². The molecule has 40 heavy (non-hydrogen) atoms. The molecule has 0 bridgehead atoms. The third-order valence-corrected chi connectivity index (χ3v) is 9.70. The van der Waals surface area contributed by atoms with Crippen molar-refractivity contribution in [3.63, 3.8) is 0 Å². The molecule has 216 valence electrons. The molecule has 17 heteroatoms. The first kappa shape index (κ1) is 30.6. The van der Waals surface area contributed by atoms with E-state index in [0.717, 1.165) is 17.5 Å². The highest BCUT2D eigenvalue weighted by molar-refractivity contribution is 7.70. The molecule has 0 saturated carbocycles. The van der Waals surface area contributed by atoms with Gasteiger partial charge in [0.1, 0.15) is 18.3 Å². The average molecular weight is 616 g/mol. The molecule has 1 aromatic carbocycles. The summed E-state index contributed by atoms with van der Waals surface area (Å²) in [5.74, 6) is 1.61. The van der Waals surface area contributed by atoms with E-state index in [1.807, 2.05) is 36.1 Å². The van der Waals surface area contributed by atoms with Crippen molar-refractivity contribution < 1.29 is 43.3 Å². The van der Waals surface area contributed by atoms with Crippen LogP contribution in [-0.2, 0) is 24.9 Å². The van der Waals surface area contributed by atoms with Crippen molar-refractivity contribution >= 4 is 43.8 Å². The lowest BCUT2D eigenvalue weighted by atomic mass is 10.1. The minimum absolute atomic E-state index is 0.0976. The second-order valence-electron chi connectivity index (χ2n) is 9.19. The van der Waals surface area contributed by atoms with Gasteiger partial charge >= 0.3 is 15.2 Å². The predicted octanol–water partition coefficient (Wildman–Crippen LogP) is 1.83. The van der Waals surface area contributed by atoms with Crippen molar-refractivity contribution in [1.82, 2.24) is 19.5 Å². The molecular weight excluding hydrogens is 588 g/mol. The molecular formula is C23H28ClN5O9P2. The molecule has 0 radical (unpaired) electrons. The Kier molecular flexibility index (Phi) is 9.34. The number of rotatable bonds is 11. The number of imidazole rings is 1.